The van der Waals surface area contributed by atoms with Crippen LogP contribution in [0.1, 0.15) is 21.7 Å². The second-order valence-electron chi connectivity index (χ2n) is 5.50. The lowest BCUT2D eigenvalue weighted by molar-refractivity contribution is 0.0459. The van der Waals surface area contributed by atoms with Crippen LogP contribution in [0.25, 0.3) is 11.5 Å². The highest BCUT2D eigenvalue weighted by molar-refractivity contribution is 5.90. The molecule has 0 fully saturated rings. The molecule has 0 radical (unpaired) electrons. The van der Waals surface area contributed by atoms with E-state index in [1.165, 1.54) is 0 Å². The quantitative estimate of drug-likeness (QED) is 0.627. The van der Waals surface area contributed by atoms with Crippen molar-refractivity contribution in [1.29, 1.82) is 0 Å². The summed E-state index contributed by atoms with van der Waals surface area (Å²) in [7, 11) is 3.15. The van der Waals surface area contributed by atoms with Gasteiger partial charge in [0.05, 0.1) is 19.8 Å². The van der Waals surface area contributed by atoms with Crippen molar-refractivity contribution < 1.29 is 23.5 Å². The smallest absolute Gasteiger partial charge is 0.338 e. The lowest BCUT2D eigenvalue weighted by Crippen LogP contribution is -2.06. The summed E-state index contributed by atoms with van der Waals surface area (Å²) in [5.74, 6) is 1.50. The summed E-state index contributed by atoms with van der Waals surface area (Å²) < 4.78 is 20.8. The molecule has 0 atom stereocenters. The van der Waals surface area contributed by atoms with E-state index in [0.29, 0.717) is 17.2 Å². The first-order valence-electron chi connectivity index (χ1n) is 7.89. The summed E-state index contributed by atoms with van der Waals surface area (Å²) in [5.41, 5.74) is 2.08. The molecule has 0 saturated carbocycles. The first-order valence-corrected chi connectivity index (χ1v) is 7.89. The van der Waals surface area contributed by atoms with Gasteiger partial charge in [0.2, 0.25) is 5.82 Å². The molecule has 7 nitrogen and oxygen atoms in total. The number of nitrogens with zero attached hydrogens (tertiary/aromatic N) is 2. The highest BCUT2D eigenvalue weighted by atomic mass is 16.5. The zero-order chi connectivity index (χ0) is 18.5. The first-order chi connectivity index (χ1) is 12.6. The Labute approximate surface area is 150 Å². The molecule has 1 heterocycles. The Bertz CT molecular complexity index is 903. The molecule has 26 heavy (non-hydrogen) atoms. The normalized spacial score (nSPS) is 10.4. The van der Waals surface area contributed by atoms with E-state index in [2.05, 4.69) is 10.1 Å². The summed E-state index contributed by atoms with van der Waals surface area (Å²) >= 11 is 0. The van der Waals surface area contributed by atoms with Crippen LogP contribution in [-0.2, 0) is 11.3 Å². The number of carbonyl (C=O) groups excluding carboxylic acids is 1. The van der Waals surface area contributed by atoms with E-state index in [4.69, 9.17) is 18.7 Å². The minimum atomic E-state index is -0.487. The lowest BCUT2D eigenvalue weighted by atomic mass is 10.1. The fourth-order valence-electron chi connectivity index (χ4n) is 2.32. The van der Waals surface area contributed by atoms with Crippen LogP contribution in [-0.4, -0.2) is 30.3 Å². The number of ether oxygens (including phenoxy) is 3. The molecule has 134 valence electrons. The topological polar surface area (TPSA) is 83.7 Å². The van der Waals surface area contributed by atoms with Crippen LogP contribution in [0.5, 0.6) is 11.5 Å². The van der Waals surface area contributed by atoms with Gasteiger partial charge in [-0.2, -0.15) is 4.98 Å². The van der Waals surface area contributed by atoms with Crippen molar-refractivity contribution in [2.75, 3.05) is 14.2 Å². The Morgan fingerprint density at radius 2 is 1.85 bits per heavy atom. The standard InChI is InChI=1S/C19H18N2O5/c1-12-4-5-14(10-16(12)24-3)19(22)25-11-17-20-18(26-21-17)13-6-8-15(23-2)9-7-13/h4-10H,11H2,1-3H3. The molecular formula is C19H18N2O5. The minimum Gasteiger partial charge on any atom is -0.497 e. The highest BCUT2D eigenvalue weighted by Gasteiger charge is 2.14. The number of methoxy groups -OCH3 is 2. The van der Waals surface area contributed by atoms with Gasteiger partial charge in [0.1, 0.15) is 11.5 Å². The fraction of sp³-hybridized carbons (Fsp3) is 0.211. The van der Waals surface area contributed by atoms with Crippen molar-refractivity contribution in [1.82, 2.24) is 10.1 Å². The number of hydrogen-bond acceptors (Lipinski definition) is 7. The maximum Gasteiger partial charge on any atom is 0.338 e. The van der Waals surface area contributed by atoms with Gasteiger partial charge in [-0.15, -0.1) is 0 Å². The van der Waals surface area contributed by atoms with E-state index < -0.39 is 5.97 Å². The van der Waals surface area contributed by atoms with E-state index >= 15 is 0 Å². The Morgan fingerprint density at radius 3 is 2.54 bits per heavy atom. The van der Waals surface area contributed by atoms with Gasteiger partial charge in [-0.3, -0.25) is 0 Å². The predicted octanol–water partition coefficient (Wildman–Crippen LogP) is 3.42. The average molecular weight is 354 g/mol. The van der Waals surface area contributed by atoms with Gasteiger partial charge in [-0.05, 0) is 48.9 Å². The third-order valence-corrected chi connectivity index (χ3v) is 3.78. The van der Waals surface area contributed by atoms with Gasteiger partial charge in [0.25, 0.3) is 5.89 Å². The molecule has 0 bridgehead atoms. The number of benzene rings is 2. The molecule has 0 aliphatic heterocycles. The summed E-state index contributed by atoms with van der Waals surface area (Å²) in [5, 5.41) is 3.83. The van der Waals surface area contributed by atoms with Crippen molar-refractivity contribution in [3.05, 3.63) is 59.4 Å². The van der Waals surface area contributed by atoms with Gasteiger partial charge >= 0.3 is 5.97 Å². The van der Waals surface area contributed by atoms with E-state index in [-0.39, 0.29) is 12.4 Å². The lowest BCUT2D eigenvalue weighted by Gasteiger charge is -2.07. The second kappa shape index (κ2) is 7.69. The minimum absolute atomic E-state index is 0.0886. The summed E-state index contributed by atoms with van der Waals surface area (Å²) in [6, 6.07) is 12.3. The van der Waals surface area contributed by atoms with Crippen molar-refractivity contribution >= 4 is 5.97 Å². The monoisotopic (exact) mass is 354 g/mol. The Morgan fingerprint density at radius 1 is 1.08 bits per heavy atom. The maximum absolute atomic E-state index is 12.2. The zero-order valence-electron chi connectivity index (χ0n) is 14.7. The number of aromatic nitrogens is 2. The molecule has 0 unspecified atom stereocenters. The molecule has 1 aromatic heterocycles. The summed E-state index contributed by atoms with van der Waals surface area (Å²) in [4.78, 5) is 16.4. The van der Waals surface area contributed by atoms with Gasteiger partial charge in [0, 0.05) is 5.56 Å². The van der Waals surface area contributed by atoms with Crippen LogP contribution >= 0.6 is 0 Å². The van der Waals surface area contributed by atoms with E-state index in [1.54, 1.807) is 56.7 Å². The average Bonchev–Trinajstić information content (AvgIpc) is 3.15. The van der Waals surface area contributed by atoms with E-state index in [0.717, 1.165) is 16.9 Å². The first kappa shape index (κ1) is 17.5. The third-order valence-electron chi connectivity index (χ3n) is 3.78. The number of aryl methyl sites for hydroxylation is 1. The van der Waals surface area contributed by atoms with Crippen molar-refractivity contribution in [3.8, 4) is 23.0 Å². The molecule has 0 spiro atoms. The Hall–Kier alpha value is -3.35. The molecule has 2 aromatic carbocycles. The molecule has 0 N–H and O–H groups in total. The van der Waals surface area contributed by atoms with Gasteiger partial charge in [-0.1, -0.05) is 11.2 Å². The molecule has 0 aliphatic rings. The van der Waals surface area contributed by atoms with Gasteiger partial charge in [0.15, 0.2) is 6.61 Å². The number of carbonyl (C=O) groups is 1. The zero-order valence-corrected chi connectivity index (χ0v) is 14.7. The van der Waals surface area contributed by atoms with Crippen LogP contribution in [0.4, 0.5) is 0 Å². The highest BCUT2D eigenvalue weighted by Crippen LogP contribution is 2.22. The van der Waals surface area contributed by atoms with Gasteiger partial charge < -0.3 is 18.7 Å². The number of esters is 1. The van der Waals surface area contributed by atoms with E-state index in [1.807, 2.05) is 6.92 Å². The molecule has 0 amide bonds. The van der Waals surface area contributed by atoms with Gasteiger partial charge in [-0.25, -0.2) is 4.79 Å². The summed E-state index contributed by atoms with van der Waals surface area (Å²) in [6.45, 7) is 1.81. The van der Waals surface area contributed by atoms with Crippen molar-refractivity contribution in [2.24, 2.45) is 0 Å². The fourth-order valence-corrected chi connectivity index (χ4v) is 2.32. The Kier molecular flexibility index (Phi) is 5.17. The van der Waals surface area contributed by atoms with Crippen LogP contribution in [0.3, 0.4) is 0 Å². The largest absolute Gasteiger partial charge is 0.497 e. The summed E-state index contributed by atoms with van der Waals surface area (Å²) in [6.07, 6.45) is 0. The van der Waals surface area contributed by atoms with Crippen LogP contribution in [0.15, 0.2) is 47.0 Å². The van der Waals surface area contributed by atoms with Crippen molar-refractivity contribution in [2.45, 2.75) is 13.5 Å². The van der Waals surface area contributed by atoms with Crippen molar-refractivity contribution in [3.63, 3.8) is 0 Å². The Balaban J connectivity index is 1.65. The molecule has 0 saturated heterocycles. The molecule has 7 heteroatoms. The molecular weight excluding hydrogens is 336 g/mol. The maximum atomic E-state index is 12.2. The number of hydrogen-bond donors (Lipinski definition) is 0. The van der Waals surface area contributed by atoms with Crippen LogP contribution in [0, 0.1) is 6.92 Å². The van der Waals surface area contributed by atoms with Crippen LogP contribution in [0.2, 0.25) is 0 Å². The molecule has 3 aromatic rings. The third kappa shape index (κ3) is 3.83. The van der Waals surface area contributed by atoms with E-state index in [9.17, 15) is 4.79 Å². The molecule has 0 aliphatic carbocycles. The predicted molar refractivity (Wildman–Crippen MR) is 93.1 cm³/mol. The number of rotatable bonds is 6. The second-order valence-corrected chi connectivity index (χ2v) is 5.50. The van der Waals surface area contributed by atoms with Crippen LogP contribution < -0.4 is 9.47 Å². The SMILES string of the molecule is COc1ccc(-c2nc(COC(=O)c3ccc(C)c(OC)c3)no2)cc1. The molecule has 3 rings (SSSR count).